The summed E-state index contributed by atoms with van der Waals surface area (Å²) in [5.74, 6) is -0.146. The number of aliphatic hydroxyl groups is 1. The number of amides is 1. The van der Waals surface area contributed by atoms with Crippen LogP contribution in [-0.4, -0.2) is 22.1 Å². The summed E-state index contributed by atoms with van der Waals surface area (Å²) < 4.78 is 1.86. The van der Waals surface area contributed by atoms with E-state index in [1.54, 1.807) is 6.07 Å². The topological polar surface area (TPSA) is 54.3 Å². The molecule has 0 saturated carbocycles. The highest BCUT2D eigenvalue weighted by molar-refractivity contribution is 6.31. The van der Waals surface area contributed by atoms with Gasteiger partial charge in [0.05, 0.1) is 6.10 Å². The minimum atomic E-state index is -0.708. The van der Waals surface area contributed by atoms with E-state index in [2.05, 4.69) is 5.32 Å². The van der Waals surface area contributed by atoms with Crippen molar-refractivity contribution in [3.05, 3.63) is 71.4 Å². The normalized spacial score (nSPS) is 12.3. The molecule has 2 aromatic carbocycles. The van der Waals surface area contributed by atoms with Gasteiger partial charge in [0, 0.05) is 28.7 Å². The minimum Gasteiger partial charge on any atom is -0.387 e. The number of hydrogen-bond acceptors (Lipinski definition) is 2. The molecule has 0 fully saturated rings. The lowest BCUT2D eigenvalue weighted by molar-refractivity contribution is -0.122. The Hall–Kier alpha value is -2.30. The Kier molecular flexibility index (Phi) is 4.65. The number of carbonyl (C=O) groups excluding carboxylic acids is 1. The second kappa shape index (κ2) is 6.86. The van der Waals surface area contributed by atoms with Crippen LogP contribution in [0.15, 0.2) is 60.8 Å². The van der Waals surface area contributed by atoms with Gasteiger partial charge in [-0.3, -0.25) is 4.79 Å². The van der Waals surface area contributed by atoms with Crippen LogP contribution in [0, 0.1) is 0 Å². The van der Waals surface area contributed by atoms with Crippen LogP contribution in [-0.2, 0) is 11.3 Å². The summed E-state index contributed by atoms with van der Waals surface area (Å²) in [6.07, 6.45) is 1.15. The predicted octanol–water partition coefficient (Wildman–Crippen LogP) is 3.14. The van der Waals surface area contributed by atoms with Crippen molar-refractivity contribution >= 4 is 28.4 Å². The van der Waals surface area contributed by atoms with Crippen LogP contribution in [0.25, 0.3) is 10.9 Å². The third kappa shape index (κ3) is 3.73. The Morgan fingerprint density at radius 3 is 2.74 bits per heavy atom. The third-order valence-corrected chi connectivity index (χ3v) is 3.96. The highest BCUT2D eigenvalue weighted by Crippen LogP contribution is 2.20. The second-order valence-electron chi connectivity index (χ2n) is 5.38. The Labute approximate surface area is 139 Å². The maximum atomic E-state index is 12.1. The van der Waals surface area contributed by atoms with Crippen molar-refractivity contribution in [2.75, 3.05) is 6.54 Å². The van der Waals surface area contributed by atoms with Crippen LogP contribution in [0.3, 0.4) is 0 Å². The zero-order valence-electron chi connectivity index (χ0n) is 12.4. The Balaban J connectivity index is 1.60. The van der Waals surface area contributed by atoms with Crippen LogP contribution in [0.1, 0.15) is 11.7 Å². The van der Waals surface area contributed by atoms with Crippen molar-refractivity contribution in [2.45, 2.75) is 12.6 Å². The maximum absolute atomic E-state index is 12.1. The molecule has 0 aliphatic rings. The molecule has 0 aliphatic carbocycles. The molecule has 0 spiro atoms. The third-order valence-electron chi connectivity index (χ3n) is 3.72. The molecule has 118 valence electrons. The summed E-state index contributed by atoms with van der Waals surface area (Å²) in [7, 11) is 0. The van der Waals surface area contributed by atoms with Crippen LogP contribution < -0.4 is 5.32 Å². The molecule has 4 nitrogen and oxygen atoms in total. The molecule has 1 atom stereocenters. The maximum Gasteiger partial charge on any atom is 0.240 e. The zero-order chi connectivity index (χ0) is 16.2. The van der Waals surface area contributed by atoms with Crippen LogP contribution in [0.5, 0.6) is 0 Å². The van der Waals surface area contributed by atoms with E-state index in [1.807, 2.05) is 59.3 Å². The standard InChI is InChI=1S/C18H17ClN2O2/c19-15-6-7-16-14(10-15)8-9-21(16)12-18(23)20-11-17(22)13-4-2-1-3-5-13/h1-10,17,22H,11-12H2,(H,20,23). The van der Waals surface area contributed by atoms with Crippen LogP contribution in [0.2, 0.25) is 5.02 Å². The first-order chi connectivity index (χ1) is 11.1. The fourth-order valence-corrected chi connectivity index (χ4v) is 2.70. The number of halogens is 1. The van der Waals surface area contributed by atoms with Gasteiger partial charge in [-0.1, -0.05) is 41.9 Å². The van der Waals surface area contributed by atoms with Crippen LogP contribution in [0.4, 0.5) is 0 Å². The molecular weight excluding hydrogens is 312 g/mol. The van der Waals surface area contributed by atoms with E-state index in [4.69, 9.17) is 11.6 Å². The van der Waals surface area contributed by atoms with E-state index >= 15 is 0 Å². The minimum absolute atomic E-state index is 0.146. The number of carbonyl (C=O) groups is 1. The van der Waals surface area contributed by atoms with E-state index < -0.39 is 6.10 Å². The Morgan fingerprint density at radius 1 is 1.17 bits per heavy atom. The summed E-state index contributed by atoms with van der Waals surface area (Å²) >= 11 is 5.96. The van der Waals surface area contributed by atoms with Crippen molar-refractivity contribution in [2.24, 2.45) is 0 Å². The molecule has 1 unspecified atom stereocenters. The molecule has 1 amide bonds. The summed E-state index contributed by atoms with van der Waals surface area (Å²) in [6, 6.07) is 16.8. The van der Waals surface area contributed by atoms with Crippen molar-refractivity contribution in [3.63, 3.8) is 0 Å². The molecular formula is C18H17ClN2O2. The van der Waals surface area contributed by atoms with Gasteiger partial charge in [0.1, 0.15) is 6.54 Å². The Bertz CT molecular complexity index is 814. The van der Waals surface area contributed by atoms with E-state index in [9.17, 15) is 9.90 Å². The smallest absolute Gasteiger partial charge is 0.240 e. The quantitative estimate of drug-likeness (QED) is 0.756. The average Bonchev–Trinajstić information content (AvgIpc) is 2.95. The Morgan fingerprint density at radius 2 is 1.96 bits per heavy atom. The summed E-state index contributed by atoms with van der Waals surface area (Å²) in [5, 5.41) is 14.5. The fraction of sp³-hybridized carbons (Fsp3) is 0.167. The fourth-order valence-electron chi connectivity index (χ4n) is 2.52. The van der Waals surface area contributed by atoms with Crippen molar-refractivity contribution in [1.29, 1.82) is 0 Å². The average molecular weight is 329 g/mol. The molecule has 1 heterocycles. The van der Waals surface area contributed by atoms with Gasteiger partial charge in [0.15, 0.2) is 0 Å². The lowest BCUT2D eigenvalue weighted by atomic mass is 10.1. The summed E-state index contributed by atoms with van der Waals surface area (Å²) in [6.45, 7) is 0.389. The van der Waals surface area contributed by atoms with Crippen molar-refractivity contribution in [1.82, 2.24) is 9.88 Å². The van der Waals surface area contributed by atoms with Gasteiger partial charge in [0.2, 0.25) is 5.91 Å². The molecule has 0 bridgehead atoms. The molecule has 3 rings (SSSR count). The van der Waals surface area contributed by atoms with Gasteiger partial charge in [-0.05, 0) is 29.8 Å². The zero-order valence-corrected chi connectivity index (χ0v) is 13.2. The number of benzene rings is 2. The molecule has 5 heteroatoms. The second-order valence-corrected chi connectivity index (χ2v) is 5.81. The van der Waals surface area contributed by atoms with Crippen molar-refractivity contribution < 1.29 is 9.90 Å². The molecule has 3 aromatic rings. The number of rotatable bonds is 5. The highest BCUT2D eigenvalue weighted by Gasteiger charge is 2.10. The van der Waals surface area contributed by atoms with Gasteiger partial charge in [-0.2, -0.15) is 0 Å². The van der Waals surface area contributed by atoms with Crippen LogP contribution >= 0.6 is 11.6 Å². The number of aliphatic hydroxyl groups excluding tert-OH is 1. The summed E-state index contributed by atoms with van der Waals surface area (Å²) in [4.78, 5) is 12.1. The SMILES string of the molecule is O=C(Cn1ccc2cc(Cl)ccc21)NCC(O)c1ccccc1. The first-order valence-corrected chi connectivity index (χ1v) is 7.75. The number of aromatic nitrogens is 1. The lowest BCUT2D eigenvalue weighted by Gasteiger charge is -2.13. The first kappa shape index (κ1) is 15.6. The van der Waals surface area contributed by atoms with Gasteiger partial charge in [0.25, 0.3) is 0 Å². The van der Waals surface area contributed by atoms with Gasteiger partial charge in [-0.25, -0.2) is 0 Å². The number of nitrogens with zero attached hydrogens (tertiary/aromatic N) is 1. The highest BCUT2D eigenvalue weighted by atomic mass is 35.5. The van der Waals surface area contributed by atoms with Crippen molar-refractivity contribution in [3.8, 4) is 0 Å². The molecule has 0 saturated heterocycles. The van der Waals surface area contributed by atoms with E-state index in [1.165, 1.54) is 0 Å². The number of fused-ring (bicyclic) bond motifs is 1. The number of hydrogen-bond donors (Lipinski definition) is 2. The lowest BCUT2D eigenvalue weighted by Crippen LogP contribution is -2.31. The first-order valence-electron chi connectivity index (χ1n) is 7.37. The van der Waals surface area contributed by atoms with Gasteiger partial charge < -0.3 is 15.0 Å². The molecule has 0 aliphatic heterocycles. The predicted molar refractivity (Wildman–Crippen MR) is 91.4 cm³/mol. The monoisotopic (exact) mass is 328 g/mol. The molecule has 0 radical (unpaired) electrons. The molecule has 23 heavy (non-hydrogen) atoms. The number of nitrogens with one attached hydrogen (secondary N) is 1. The molecule has 1 aromatic heterocycles. The van der Waals surface area contributed by atoms with Gasteiger partial charge >= 0.3 is 0 Å². The largest absolute Gasteiger partial charge is 0.387 e. The summed E-state index contributed by atoms with van der Waals surface area (Å²) in [5.41, 5.74) is 1.74. The van der Waals surface area contributed by atoms with E-state index in [-0.39, 0.29) is 19.0 Å². The molecule has 2 N–H and O–H groups in total. The van der Waals surface area contributed by atoms with E-state index in [0.29, 0.717) is 5.02 Å². The van der Waals surface area contributed by atoms with E-state index in [0.717, 1.165) is 16.5 Å². The van der Waals surface area contributed by atoms with Gasteiger partial charge in [-0.15, -0.1) is 0 Å².